The largest absolute Gasteiger partial charge is 0.493 e. The maximum absolute atomic E-state index is 10.4. The summed E-state index contributed by atoms with van der Waals surface area (Å²) in [4.78, 5) is 4.61. The van der Waals surface area contributed by atoms with Crippen LogP contribution in [0.15, 0.2) is 42.5 Å². The van der Waals surface area contributed by atoms with Crippen molar-refractivity contribution >= 4 is 0 Å². The molecule has 0 spiro atoms. The third kappa shape index (κ3) is 7.69. The molecule has 1 aliphatic heterocycles. The molecule has 0 amide bonds. The molecule has 176 valence electrons. The van der Waals surface area contributed by atoms with E-state index in [9.17, 15) is 5.11 Å². The predicted octanol–water partition coefficient (Wildman–Crippen LogP) is 3.95. The number of aliphatic hydroxyl groups excluding tert-OH is 1. The second kappa shape index (κ2) is 12.7. The van der Waals surface area contributed by atoms with E-state index < -0.39 is 6.10 Å². The van der Waals surface area contributed by atoms with Gasteiger partial charge in [0, 0.05) is 19.6 Å². The number of ether oxygens (including phenoxy) is 3. The van der Waals surface area contributed by atoms with Gasteiger partial charge in [-0.2, -0.15) is 0 Å². The van der Waals surface area contributed by atoms with Crippen molar-refractivity contribution in [3.05, 3.63) is 53.6 Å². The van der Waals surface area contributed by atoms with Crippen LogP contribution in [0, 0.1) is 0 Å². The predicted molar refractivity (Wildman–Crippen MR) is 128 cm³/mol. The first kappa shape index (κ1) is 24.4. The molecule has 6 heteroatoms. The van der Waals surface area contributed by atoms with Gasteiger partial charge in [-0.15, -0.1) is 0 Å². The zero-order chi connectivity index (χ0) is 22.8. The van der Waals surface area contributed by atoms with Gasteiger partial charge in [0.05, 0.1) is 14.2 Å². The molecule has 1 saturated heterocycles. The number of hydrogen-bond donors (Lipinski definition) is 1. The van der Waals surface area contributed by atoms with Crippen molar-refractivity contribution < 1.29 is 19.3 Å². The lowest BCUT2D eigenvalue weighted by molar-refractivity contribution is 0.0693. The van der Waals surface area contributed by atoms with Crippen LogP contribution in [0.3, 0.4) is 0 Å². The number of nitrogens with zero attached hydrogens (tertiary/aromatic N) is 2. The molecule has 2 aromatic carbocycles. The Balaban J connectivity index is 1.48. The number of benzene rings is 2. The highest BCUT2D eigenvalue weighted by molar-refractivity contribution is 5.42. The first-order valence-electron chi connectivity index (χ1n) is 11.6. The van der Waals surface area contributed by atoms with Gasteiger partial charge in [0.1, 0.15) is 18.5 Å². The Hall–Kier alpha value is -2.28. The Labute approximate surface area is 192 Å². The van der Waals surface area contributed by atoms with Crippen molar-refractivity contribution in [2.24, 2.45) is 0 Å². The van der Waals surface area contributed by atoms with Crippen molar-refractivity contribution in [3.8, 4) is 17.2 Å². The van der Waals surface area contributed by atoms with E-state index in [1.807, 2.05) is 24.3 Å². The minimum atomic E-state index is -0.468. The van der Waals surface area contributed by atoms with E-state index in [4.69, 9.17) is 14.2 Å². The first-order valence-corrected chi connectivity index (χ1v) is 11.6. The molecule has 1 heterocycles. The summed E-state index contributed by atoms with van der Waals surface area (Å²) < 4.78 is 16.6. The molecule has 0 saturated carbocycles. The van der Waals surface area contributed by atoms with Crippen LogP contribution in [0.2, 0.25) is 0 Å². The summed E-state index contributed by atoms with van der Waals surface area (Å²) in [6.07, 6.45) is 4.59. The molecule has 6 nitrogen and oxygen atoms in total. The number of methoxy groups -OCH3 is 2. The molecule has 1 fully saturated rings. The normalized spacial score (nSPS) is 15.9. The molecule has 1 unspecified atom stereocenters. The van der Waals surface area contributed by atoms with Gasteiger partial charge in [-0.05, 0) is 68.4 Å². The summed E-state index contributed by atoms with van der Waals surface area (Å²) in [5.74, 6) is 2.28. The minimum absolute atomic E-state index is 0.321. The molecule has 32 heavy (non-hydrogen) atoms. The molecule has 0 bridgehead atoms. The summed E-state index contributed by atoms with van der Waals surface area (Å²) in [7, 11) is 5.39. The SMILES string of the molecule is COc1ccc(CN(C)Cc2cccc(OCC(O)CN3CCCCCC3)c2)cc1OC. The van der Waals surface area contributed by atoms with Gasteiger partial charge in [-0.3, -0.25) is 4.90 Å². The van der Waals surface area contributed by atoms with E-state index >= 15 is 0 Å². The maximum atomic E-state index is 10.4. The van der Waals surface area contributed by atoms with Crippen LogP contribution in [0.1, 0.15) is 36.8 Å². The van der Waals surface area contributed by atoms with Crippen LogP contribution >= 0.6 is 0 Å². The van der Waals surface area contributed by atoms with Crippen molar-refractivity contribution in [2.75, 3.05) is 47.5 Å². The van der Waals surface area contributed by atoms with Crippen LogP contribution in [0.5, 0.6) is 17.2 Å². The van der Waals surface area contributed by atoms with Crippen molar-refractivity contribution in [2.45, 2.75) is 44.9 Å². The van der Waals surface area contributed by atoms with Crippen LogP contribution in [0.25, 0.3) is 0 Å². The van der Waals surface area contributed by atoms with Gasteiger partial charge < -0.3 is 24.2 Å². The lowest BCUT2D eigenvalue weighted by Gasteiger charge is -2.23. The zero-order valence-electron chi connectivity index (χ0n) is 19.8. The zero-order valence-corrected chi connectivity index (χ0v) is 19.8. The molecule has 3 rings (SSSR count). The van der Waals surface area contributed by atoms with Gasteiger partial charge in [0.2, 0.25) is 0 Å². The number of β-amino-alcohol motifs (C(OH)–C–C–N with tert-alkyl or cyclic N) is 1. The third-order valence-corrected chi connectivity index (χ3v) is 5.86. The first-order chi connectivity index (χ1) is 15.6. The van der Waals surface area contributed by atoms with E-state index in [2.05, 4.69) is 35.0 Å². The fourth-order valence-corrected chi connectivity index (χ4v) is 4.25. The summed E-state index contributed by atoms with van der Waals surface area (Å²) in [5.41, 5.74) is 2.33. The van der Waals surface area contributed by atoms with Gasteiger partial charge in [-0.1, -0.05) is 31.0 Å². The molecule has 1 N–H and O–H groups in total. The van der Waals surface area contributed by atoms with E-state index in [0.717, 1.165) is 49.0 Å². The summed E-state index contributed by atoms with van der Waals surface area (Å²) in [5, 5.41) is 10.4. The Bertz CT molecular complexity index is 821. The highest BCUT2D eigenvalue weighted by atomic mass is 16.5. The molecular formula is C26H38N2O4. The fraction of sp³-hybridized carbons (Fsp3) is 0.538. The maximum Gasteiger partial charge on any atom is 0.161 e. The second-order valence-corrected chi connectivity index (χ2v) is 8.69. The summed E-state index contributed by atoms with van der Waals surface area (Å²) in [6.45, 7) is 4.76. The van der Waals surface area contributed by atoms with Crippen LogP contribution in [0.4, 0.5) is 0 Å². The smallest absolute Gasteiger partial charge is 0.161 e. The molecular weight excluding hydrogens is 404 g/mol. The van der Waals surface area contributed by atoms with E-state index in [1.54, 1.807) is 14.2 Å². The van der Waals surface area contributed by atoms with Gasteiger partial charge in [-0.25, -0.2) is 0 Å². The van der Waals surface area contributed by atoms with Crippen LogP contribution in [-0.4, -0.2) is 68.5 Å². The number of hydrogen-bond acceptors (Lipinski definition) is 6. The second-order valence-electron chi connectivity index (χ2n) is 8.69. The molecule has 1 aliphatic rings. The Morgan fingerprint density at radius 3 is 2.28 bits per heavy atom. The molecule has 2 aromatic rings. The summed E-state index contributed by atoms with van der Waals surface area (Å²) in [6, 6.07) is 14.1. The molecule has 0 radical (unpaired) electrons. The molecule has 0 aromatic heterocycles. The Morgan fingerprint density at radius 1 is 0.906 bits per heavy atom. The van der Waals surface area contributed by atoms with Crippen LogP contribution in [-0.2, 0) is 13.1 Å². The molecule has 1 atom stereocenters. The van der Waals surface area contributed by atoms with E-state index in [1.165, 1.54) is 31.2 Å². The Morgan fingerprint density at radius 2 is 1.59 bits per heavy atom. The van der Waals surface area contributed by atoms with Crippen molar-refractivity contribution in [3.63, 3.8) is 0 Å². The monoisotopic (exact) mass is 442 g/mol. The fourth-order valence-electron chi connectivity index (χ4n) is 4.25. The molecule has 0 aliphatic carbocycles. The van der Waals surface area contributed by atoms with E-state index in [0.29, 0.717) is 13.2 Å². The number of rotatable bonds is 11. The standard InChI is InChI=1S/C26H38N2O4/c1-27(18-22-11-12-25(30-2)26(16-22)31-3)17-21-9-8-10-24(15-21)32-20-23(29)19-28-13-6-4-5-7-14-28/h8-12,15-16,23,29H,4-7,13-14,17-20H2,1-3H3. The van der Waals surface area contributed by atoms with Crippen molar-refractivity contribution in [1.29, 1.82) is 0 Å². The summed E-state index contributed by atoms with van der Waals surface area (Å²) >= 11 is 0. The third-order valence-electron chi connectivity index (χ3n) is 5.86. The lowest BCUT2D eigenvalue weighted by Crippen LogP contribution is -2.36. The minimum Gasteiger partial charge on any atom is -0.493 e. The average Bonchev–Trinajstić information content (AvgIpc) is 3.06. The highest BCUT2D eigenvalue weighted by Gasteiger charge is 2.14. The number of likely N-dealkylation sites (tertiary alicyclic amines) is 1. The van der Waals surface area contributed by atoms with Crippen molar-refractivity contribution in [1.82, 2.24) is 9.80 Å². The number of aliphatic hydroxyl groups is 1. The lowest BCUT2D eigenvalue weighted by atomic mass is 10.1. The van der Waals surface area contributed by atoms with Gasteiger partial charge in [0.25, 0.3) is 0 Å². The average molecular weight is 443 g/mol. The van der Waals surface area contributed by atoms with E-state index in [-0.39, 0.29) is 0 Å². The topological polar surface area (TPSA) is 54.4 Å². The van der Waals surface area contributed by atoms with Gasteiger partial charge in [0.15, 0.2) is 11.5 Å². The quantitative estimate of drug-likeness (QED) is 0.569. The Kier molecular flexibility index (Phi) is 9.65. The van der Waals surface area contributed by atoms with Gasteiger partial charge >= 0.3 is 0 Å². The van der Waals surface area contributed by atoms with Crippen LogP contribution < -0.4 is 14.2 Å². The highest BCUT2D eigenvalue weighted by Crippen LogP contribution is 2.28.